The van der Waals surface area contributed by atoms with E-state index < -0.39 is 11.4 Å². The molecule has 3 aromatic rings. The van der Waals surface area contributed by atoms with Crippen LogP contribution in [0.3, 0.4) is 0 Å². The third-order valence-corrected chi connectivity index (χ3v) is 7.92. The van der Waals surface area contributed by atoms with Gasteiger partial charge < -0.3 is 24.7 Å². The van der Waals surface area contributed by atoms with Crippen molar-refractivity contribution < 1.29 is 18.8 Å². The number of methoxy groups -OCH3 is 1. The van der Waals surface area contributed by atoms with Crippen molar-refractivity contribution in [2.75, 3.05) is 23.4 Å². The van der Waals surface area contributed by atoms with Gasteiger partial charge in [0.2, 0.25) is 0 Å². The first-order valence-electron chi connectivity index (χ1n) is 14.3. The van der Waals surface area contributed by atoms with Gasteiger partial charge in [-0.1, -0.05) is 58.9 Å². The van der Waals surface area contributed by atoms with Crippen LogP contribution < -0.4 is 30.3 Å². The summed E-state index contributed by atoms with van der Waals surface area (Å²) in [6.45, 7) is 10.0. The first-order valence-corrected chi connectivity index (χ1v) is 15.9. The highest BCUT2D eigenvalue weighted by Gasteiger charge is 2.30. The Balaban J connectivity index is 1.56. The molecule has 0 radical (unpaired) electrons. The van der Waals surface area contributed by atoms with E-state index in [1.54, 1.807) is 24.6 Å². The number of nitrogens with one attached hydrogen (secondary N) is 5. The van der Waals surface area contributed by atoms with Crippen LogP contribution in [0.1, 0.15) is 76.3 Å². The Labute approximate surface area is 256 Å². The largest absolute Gasteiger partial charge is 0.593 e. The summed E-state index contributed by atoms with van der Waals surface area (Å²) >= 11 is -1.33. The van der Waals surface area contributed by atoms with Crippen LogP contribution in [0.5, 0.6) is 11.5 Å². The van der Waals surface area contributed by atoms with Gasteiger partial charge in [-0.15, -0.1) is 0 Å². The molecule has 5 N–H and O–H groups in total. The van der Waals surface area contributed by atoms with E-state index in [0.717, 1.165) is 16.7 Å². The summed E-state index contributed by atoms with van der Waals surface area (Å²) in [6.07, 6.45) is 4.29. The average Bonchev–Trinajstić information content (AvgIpc) is 2.94. The molecule has 3 atom stereocenters. The second-order valence-corrected chi connectivity index (χ2v) is 13.1. The summed E-state index contributed by atoms with van der Waals surface area (Å²) in [5.41, 5.74) is 3.90. The molecule has 10 nitrogen and oxygen atoms in total. The zero-order valence-corrected chi connectivity index (χ0v) is 26.6. The summed E-state index contributed by atoms with van der Waals surface area (Å²) in [5.74, 6) is 1.27. The van der Waals surface area contributed by atoms with Crippen molar-refractivity contribution in [1.82, 2.24) is 9.88 Å². The Kier molecular flexibility index (Phi) is 9.76. The van der Waals surface area contributed by atoms with Crippen molar-refractivity contribution in [1.29, 1.82) is 10.8 Å². The summed E-state index contributed by atoms with van der Waals surface area (Å²) in [5, 5.41) is 22.6. The van der Waals surface area contributed by atoms with Crippen molar-refractivity contribution in [3.05, 3.63) is 76.9 Å². The van der Waals surface area contributed by atoms with Gasteiger partial charge in [0.15, 0.2) is 5.75 Å². The van der Waals surface area contributed by atoms with Gasteiger partial charge in [0.25, 0.3) is 0 Å². The van der Waals surface area contributed by atoms with E-state index in [4.69, 9.17) is 20.3 Å². The molecule has 0 saturated carbocycles. The highest BCUT2D eigenvalue weighted by Crippen LogP contribution is 2.41. The van der Waals surface area contributed by atoms with Crippen molar-refractivity contribution in [3.63, 3.8) is 0 Å². The number of benzene rings is 2. The van der Waals surface area contributed by atoms with Crippen LogP contribution >= 0.6 is 0 Å². The number of rotatable bonds is 8. The number of hydrogen-bond donors (Lipinski definition) is 5. The molecule has 230 valence electrons. The monoisotopic (exact) mass is 606 g/mol. The second-order valence-electron chi connectivity index (χ2n) is 12.0. The third-order valence-electron chi connectivity index (χ3n) is 7.41. The molecule has 1 aromatic heterocycles. The molecule has 1 heterocycles. The smallest absolute Gasteiger partial charge is 0.319 e. The number of ether oxygens (including phenoxy) is 2. The lowest BCUT2D eigenvalue weighted by Crippen LogP contribution is -2.36. The van der Waals surface area contributed by atoms with Crippen LogP contribution in [0.25, 0.3) is 0 Å². The number of aromatic nitrogens is 1. The number of pyridine rings is 1. The first-order chi connectivity index (χ1) is 20.3. The van der Waals surface area contributed by atoms with Crippen LogP contribution in [-0.4, -0.2) is 34.4 Å². The predicted octanol–water partition coefficient (Wildman–Crippen LogP) is 6.24. The summed E-state index contributed by atoms with van der Waals surface area (Å²) < 4.78 is 28.5. The number of urea groups is 1. The maximum absolute atomic E-state index is 13.4. The molecule has 4 rings (SSSR count). The van der Waals surface area contributed by atoms with Crippen LogP contribution in [0.4, 0.5) is 16.2 Å². The Morgan fingerprint density at radius 1 is 1.09 bits per heavy atom. The molecule has 2 amide bonds. The van der Waals surface area contributed by atoms with E-state index in [1.807, 2.05) is 50.2 Å². The quantitative estimate of drug-likeness (QED) is 0.117. The van der Waals surface area contributed by atoms with Crippen LogP contribution in [0.2, 0.25) is 0 Å². The molecule has 43 heavy (non-hydrogen) atoms. The number of hydrogen-bond acceptors (Lipinski definition) is 7. The maximum atomic E-state index is 13.4. The van der Waals surface area contributed by atoms with Gasteiger partial charge in [-0.05, 0) is 59.2 Å². The minimum Gasteiger partial charge on any atom is -0.593 e. The van der Waals surface area contributed by atoms with Gasteiger partial charge in [-0.2, -0.15) is 0 Å². The fourth-order valence-corrected chi connectivity index (χ4v) is 5.60. The molecule has 0 saturated heterocycles. The second kappa shape index (κ2) is 13.1. The van der Waals surface area contributed by atoms with Gasteiger partial charge in [0.05, 0.1) is 36.4 Å². The zero-order chi connectivity index (χ0) is 31.5. The van der Waals surface area contributed by atoms with Gasteiger partial charge >= 0.3 is 6.03 Å². The minimum atomic E-state index is -1.33. The summed E-state index contributed by atoms with van der Waals surface area (Å²) in [7, 11) is 1.52. The lowest BCUT2D eigenvalue weighted by molar-refractivity contribution is 0.171. The lowest BCUT2D eigenvalue weighted by Gasteiger charge is -2.32. The molecular weight excluding hydrogens is 564 g/mol. The van der Waals surface area contributed by atoms with E-state index in [2.05, 4.69) is 36.1 Å². The van der Waals surface area contributed by atoms with Gasteiger partial charge in [-0.3, -0.25) is 15.4 Å². The molecule has 2 aromatic carbocycles. The molecule has 0 fully saturated rings. The van der Waals surface area contributed by atoms with Crippen molar-refractivity contribution in [3.8, 4) is 11.5 Å². The van der Waals surface area contributed by atoms with Crippen molar-refractivity contribution in [2.24, 2.45) is 5.92 Å². The SMILES string of the molecule is COc1c(NC(=O)NC2CCC(Oc3ccc(=N)n(C(=N)C(C)C)c3)c3ccccc32)cc(C(C)(C)C)cc1N[S+](C)[O-]. The molecule has 0 aliphatic heterocycles. The lowest BCUT2D eigenvalue weighted by atomic mass is 9.85. The van der Waals surface area contributed by atoms with Crippen LogP contribution in [-0.2, 0) is 16.8 Å². The topological polar surface area (TPSA) is 147 Å². The number of carbonyl (C=O) groups excluding carboxylic acids is 1. The molecule has 1 aliphatic rings. The standard InChI is InChI=1S/C32H42N6O4S/c1-19(2)30(34)38-18-21(12-15-28(38)33)42-27-14-13-24(22-10-8-9-11-23(22)27)35-31(39)36-25-16-20(32(3,4)5)17-26(29(25)41-6)37-43(7)40/h8-12,15-19,24,27,33-34,37H,13-14H2,1-7H3,(H2,35,36,39). The predicted molar refractivity (Wildman–Crippen MR) is 172 cm³/mol. The number of amides is 2. The molecule has 11 heteroatoms. The normalized spacial score (nSPS) is 17.0. The number of fused-ring (bicyclic) bond motifs is 1. The number of anilines is 2. The molecule has 0 bridgehead atoms. The van der Waals surface area contributed by atoms with Gasteiger partial charge in [0.1, 0.15) is 35.1 Å². The van der Waals surface area contributed by atoms with E-state index in [0.29, 0.717) is 41.6 Å². The molecule has 0 spiro atoms. The van der Waals surface area contributed by atoms with E-state index in [-0.39, 0.29) is 35.0 Å². The summed E-state index contributed by atoms with van der Waals surface area (Å²) in [4.78, 5) is 13.4. The average molecular weight is 607 g/mol. The third kappa shape index (κ3) is 7.52. The Bertz CT molecular complexity index is 1550. The highest BCUT2D eigenvalue weighted by atomic mass is 32.2. The maximum Gasteiger partial charge on any atom is 0.319 e. The first kappa shape index (κ1) is 32.0. The summed E-state index contributed by atoms with van der Waals surface area (Å²) in [6, 6.07) is 14.4. The van der Waals surface area contributed by atoms with Gasteiger partial charge in [0, 0.05) is 5.92 Å². The Morgan fingerprint density at radius 3 is 2.40 bits per heavy atom. The number of carbonyl (C=O) groups is 1. The fourth-order valence-electron chi connectivity index (χ4n) is 5.14. The van der Waals surface area contributed by atoms with E-state index >= 15 is 0 Å². The molecule has 1 aliphatic carbocycles. The fraction of sp³-hybridized carbons (Fsp3) is 0.406. The van der Waals surface area contributed by atoms with E-state index in [1.165, 1.54) is 11.7 Å². The molecular formula is C32H42N6O4S. The Morgan fingerprint density at radius 2 is 1.77 bits per heavy atom. The Hall–Kier alpha value is -3.96. The van der Waals surface area contributed by atoms with Crippen molar-refractivity contribution >= 4 is 34.6 Å². The van der Waals surface area contributed by atoms with Crippen molar-refractivity contribution in [2.45, 2.75) is 65.0 Å². The zero-order valence-electron chi connectivity index (χ0n) is 25.8. The molecule has 3 unspecified atom stereocenters. The highest BCUT2D eigenvalue weighted by molar-refractivity contribution is 7.92. The van der Waals surface area contributed by atoms with Crippen LogP contribution in [0, 0.1) is 16.7 Å². The van der Waals surface area contributed by atoms with Gasteiger partial charge in [-0.25, -0.2) is 9.52 Å². The minimum absolute atomic E-state index is 0.0351. The number of nitrogens with zero attached hydrogens (tertiary/aromatic N) is 1. The van der Waals surface area contributed by atoms with Crippen LogP contribution in [0.15, 0.2) is 54.7 Å². The van der Waals surface area contributed by atoms with E-state index in [9.17, 15) is 9.35 Å².